The normalized spacial score (nSPS) is 26.9. The molecule has 2 heterocycles. The molecular formula is C7H9F2N3OS. The molecule has 1 aliphatic heterocycles. The molecule has 0 aromatic carbocycles. The number of hydrogen-bond acceptors (Lipinski definition) is 4. The molecule has 0 saturated carbocycles. The van der Waals surface area contributed by atoms with E-state index in [0.717, 1.165) is 0 Å². The molecule has 0 unspecified atom stereocenters. The minimum atomic E-state index is -2.67. The summed E-state index contributed by atoms with van der Waals surface area (Å²) >= 11 is 4.70. The molecule has 1 aromatic rings. The summed E-state index contributed by atoms with van der Waals surface area (Å²) in [4.78, 5) is 5.33. The third-order valence-corrected chi connectivity index (χ3v) is 2.42. The van der Waals surface area contributed by atoms with Crippen LogP contribution in [0.15, 0.2) is 4.52 Å². The molecule has 1 aliphatic rings. The number of halogens is 2. The van der Waals surface area contributed by atoms with Crippen LogP contribution in [0.2, 0.25) is 0 Å². The van der Waals surface area contributed by atoms with Gasteiger partial charge < -0.3 is 4.52 Å². The second-order valence-electron chi connectivity index (χ2n) is 3.45. The standard InChI is InChI=1S/C7H9F2N3OS/c1-12-3-7(8,9)2-4(12)5-10-6(14)11-13-5/h4H,2-3H2,1H3,(H,11,14)/t4-/m0/s1. The fraction of sp³-hybridized carbons (Fsp3) is 0.714. The monoisotopic (exact) mass is 221 g/mol. The van der Waals surface area contributed by atoms with Gasteiger partial charge in [-0.05, 0) is 19.3 Å². The summed E-state index contributed by atoms with van der Waals surface area (Å²) in [5.41, 5.74) is 0. The molecule has 1 aromatic heterocycles. The van der Waals surface area contributed by atoms with E-state index in [4.69, 9.17) is 16.7 Å². The lowest BCUT2D eigenvalue weighted by atomic mass is 10.2. The summed E-state index contributed by atoms with van der Waals surface area (Å²) in [5.74, 6) is -2.44. The highest BCUT2D eigenvalue weighted by molar-refractivity contribution is 7.71. The molecule has 0 radical (unpaired) electrons. The number of aromatic nitrogens is 2. The van der Waals surface area contributed by atoms with Gasteiger partial charge in [-0.25, -0.2) is 8.78 Å². The van der Waals surface area contributed by atoms with E-state index in [1.54, 1.807) is 7.05 Å². The van der Waals surface area contributed by atoms with E-state index < -0.39 is 12.0 Å². The van der Waals surface area contributed by atoms with E-state index in [1.807, 2.05) is 0 Å². The highest BCUT2D eigenvalue weighted by atomic mass is 32.1. The molecule has 2 rings (SSSR count). The van der Waals surface area contributed by atoms with Crippen LogP contribution in [0.1, 0.15) is 18.4 Å². The van der Waals surface area contributed by atoms with Crippen LogP contribution in [0.25, 0.3) is 0 Å². The molecule has 78 valence electrons. The zero-order valence-electron chi connectivity index (χ0n) is 7.46. The molecule has 1 atom stereocenters. The maximum atomic E-state index is 13.0. The van der Waals surface area contributed by atoms with Gasteiger partial charge in [0, 0.05) is 6.42 Å². The van der Waals surface area contributed by atoms with E-state index in [2.05, 4.69) is 10.1 Å². The highest BCUT2D eigenvalue weighted by Gasteiger charge is 2.45. The quantitative estimate of drug-likeness (QED) is 0.734. The van der Waals surface area contributed by atoms with Crippen molar-refractivity contribution in [1.82, 2.24) is 15.0 Å². The van der Waals surface area contributed by atoms with Crippen molar-refractivity contribution in [2.24, 2.45) is 0 Å². The van der Waals surface area contributed by atoms with Gasteiger partial charge in [0.1, 0.15) is 0 Å². The molecule has 1 N–H and O–H groups in total. The second kappa shape index (κ2) is 3.09. The van der Waals surface area contributed by atoms with Crippen LogP contribution in [0.5, 0.6) is 0 Å². The predicted molar refractivity (Wildman–Crippen MR) is 46.6 cm³/mol. The molecular weight excluding hydrogens is 212 g/mol. The Hall–Kier alpha value is -0.820. The number of H-pyrrole nitrogens is 1. The molecule has 0 aliphatic carbocycles. The Morgan fingerprint density at radius 1 is 1.71 bits per heavy atom. The number of likely N-dealkylation sites (tertiary alicyclic amines) is 1. The first-order valence-electron chi connectivity index (χ1n) is 4.11. The third kappa shape index (κ3) is 1.69. The number of nitrogens with one attached hydrogen (secondary N) is 1. The van der Waals surface area contributed by atoms with Crippen LogP contribution in [-0.4, -0.2) is 34.6 Å². The van der Waals surface area contributed by atoms with Crippen molar-refractivity contribution in [3.8, 4) is 0 Å². The Labute approximate surface area is 83.9 Å². The Balaban J connectivity index is 2.24. The maximum absolute atomic E-state index is 13.0. The third-order valence-electron chi connectivity index (χ3n) is 2.24. The lowest BCUT2D eigenvalue weighted by Gasteiger charge is -2.13. The van der Waals surface area contributed by atoms with Crippen molar-refractivity contribution < 1.29 is 13.3 Å². The molecule has 0 spiro atoms. The van der Waals surface area contributed by atoms with Crippen molar-refractivity contribution in [2.75, 3.05) is 13.6 Å². The molecule has 1 fully saturated rings. The van der Waals surface area contributed by atoms with Crippen LogP contribution in [0.4, 0.5) is 8.78 Å². The zero-order valence-corrected chi connectivity index (χ0v) is 8.27. The Morgan fingerprint density at radius 2 is 2.43 bits per heavy atom. The first-order chi connectivity index (χ1) is 6.48. The predicted octanol–water partition coefficient (Wildman–Crippen LogP) is 1.74. The number of hydrogen-bond donors (Lipinski definition) is 1. The highest BCUT2D eigenvalue weighted by Crippen LogP contribution is 2.38. The Morgan fingerprint density at radius 3 is 2.86 bits per heavy atom. The SMILES string of the molecule is CN1CC(F)(F)C[C@H]1c1nc(=S)[nH]o1. The number of rotatable bonds is 1. The molecule has 4 nitrogen and oxygen atoms in total. The van der Waals surface area contributed by atoms with Gasteiger partial charge in [-0.15, -0.1) is 0 Å². The summed E-state index contributed by atoms with van der Waals surface area (Å²) in [6.07, 6.45) is -0.271. The van der Waals surface area contributed by atoms with Gasteiger partial charge in [0.15, 0.2) is 0 Å². The van der Waals surface area contributed by atoms with Crippen LogP contribution >= 0.6 is 12.2 Å². The lowest BCUT2D eigenvalue weighted by molar-refractivity contribution is 0.0138. The lowest BCUT2D eigenvalue weighted by Crippen LogP contribution is -2.22. The minimum Gasteiger partial charge on any atom is -0.362 e. The smallest absolute Gasteiger partial charge is 0.262 e. The van der Waals surface area contributed by atoms with Crippen molar-refractivity contribution in [1.29, 1.82) is 0 Å². The Kier molecular flexibility index (Phi) is 2.15. The molecule has 0 amide bonds. The van der Waals surface area contributed by atoms with Crippen molar-refractivity contribution in [2.45, 2.75) is 18.4 Å². The zero-order chi connectivity index (χ0) is 10.3. The summed E-state index contributed by atoms with van der Waals surface area (Å²) in [6, 6.07) is -0.488. The van der Waals surface area contributed by atoms with Crippen molar-refractivity contribution >= 4 is 12.2 Å². The fourth-order valence-corrected chi connectivity index (χ4v) is 1.77. The van der Waals surface area contributed by atoms with Gasteiger partial charge in [0.05, 0.1) is 12.6 Å². The van der Waals surface area contributed by atoms with Gasteiger partial charge in [-0.2, -0.15) is 10.1 Å². The summed E-state index contributed by atoms with van der Waals surface area (Å²) < 4.78 is 31.1. The van der Waals surface area contributed by atoms with Crippen molar-refractivity contribution in [3.05, 3.63) is 10.7 Å². The molecule has 7 heteroatoms. The molecule has 14 heavy (non-hydrogen) atoms. The van der Waals surface area contributed by atoms with Crippen LogP contribution in [0, 0.1) is 4.77 Å². The van der Waals surface area contributed by atoms with Crippen LogP contribution < -0.4 is 0 Å². The first-order valence-corrected chi connectivity index (χ1v) is 4.52. The minimum absolute atomic E-state index is 0.184. The van der Waals surface area contributed by atoms with Gasteiger partial charge in [0.2, 0.25) is 10.7 Å². The van der Waals surface area contributed by atoms with Gasteiger partial charge in [-0.3, -0.25) is 4.90 Å². The first kappa shape index (κ1) is 9.72. The van der Waals surface area contributed by atoms with Gasteiger partial charge in [0.25, 0.3) is 5.92 Å². The summed E-state index contributed by atoms with van der Waals surface area (Å²) in [5, 5.41) is 2.35. The van der Waals surface area contributed by atoms with Crippen LogP contribution in [-0.2, 0) is 0 Å². The fourth-order valence-electron chi connectivity index (χ4n) is 1.64. The molecule has 1 saturated heterocycles. The van der Waals surface area contributed by atoms with Gasteiger partial charge >= 0.3 is 0 Å². The average molecular weight is 221 g/mol. The van der Waals surface area contributed by atoms with Crippen molar-refractivity contribution in [3.63, 3.8) is 0 Å². The van der Waals surface area contributed by atoms with Crippen LogP contribution in [0.3, 0.4) is 0 Å². The van der Waals surface area contributed by atoms with Gasteiger partial charge in [-0.1, -0.05) is 0 Å². The topological polar surface area (TPSA) is 45.1 Å². The Bertz CT molecular complexity index is 388. The van der Waals surface area contributed by atoms with E-state index in [-0.39, 0.29) is 23.6 Å². The summed E-state index contributed by atoms with van der Waals surface area (Å²) in [7, 11) is 1.61. The summed E-state index contributed by atoms with van der Waals surface area (Å²) in [6.45, 7) is -0.271. The molecule has 0 bridgehead atoms. The van der Waals surface area contributed by atoms with E-state index >= 15 is 0 Å². The number of nitrogens with zero attached hydrogens (tertiary/aromatic N) is 2. The number of aromatic amines is 1. The van der Waals surface area contributed by atoms with E-state index in [9.17, 15) is 8.78 Å². The van der Waals surface area contributed by atoms with E-state index in [0.29, 0.717) is 0 Å². The number of alkyl halides is 2. The largest absolute Gasteiger partial charge is 0.362 e. The average Bonchev–Trinajstić information content (AvgIpc) is 2.55. The van der Waals surface area contributed by atoms with E-state index in [1.165, 1.54) is 4.90 Å². The maximum Gasteiger partial charge on any atom is 0.262 e. The second-order valence-corrected chi connectivity index (χ2v) is 3.84.